The van der Waals surface area contributed by atoms with Crippen molar-refractivity contribution in [3.8, 4) is 17.5 Å². The summed E-state index contributed by atoms with van der Waals surface area (Å²) in [4.78, 5) is 4.62. The molecule has 25 heavy (non-hydrogen) atoms. The molecular weight excluding hydrogens is 404 g/mol. The summed E-state index contributed by atoms with van der Waals surface area (Å²) in [7, 11) is 1.57. The Hall–Kier alpha value is -2.23. The van der Waals surface area contributed by atoms with Crippen molar-refractivity contribution in [2.75, 3.05) is 12.8 Å². The van der Waals surface area contributed by atoms with E-state index in [1.54, 1.807) is 11.7 Å². The van der Waals surface area contributed by atoms with Crippen LogP contribution in [0.25, 0.3) is 16.7 Å². The lowest BCUT2D eigenvalue weighted by Gasteiger charge is -2.18. The number of fused-ring (bicyclic) bond motifs is 1. The number of halogens is 2. The summed E-state index contributed by atoms with van der Waals surface area (Å²) in [6.07, 6.45) is 0. The largest absolute Gasteiger partial charge is 0.495 e. The van der Waals surface area contributed by atoms with Gasteiger partial charge in [0.2, 0.25) is 0 Å². The molecule has 2 aromatic heterocycles. The summed E-state index contributed by atoms with van der Waals surface area (Å²) >= 11 is 9.75. The number of aromatic nitrogens is 2. The number of nitriles is 1. The summed E-state index contributed by atoms with van der Waals surface area (Å²) < 4.78 is 7.94. The number of benzene rings is 1. The molecule has 0 aliphatic heterocycles. The molecule has 0 fully saturated rings. The molecule has 0 aliphatic rings. The lowest BCUT2D eigenvalue weighted by atomic mass is 10.1. The first-order chi connectivity index (χ1) is 11.8. The molecule has 0 atom stereocenters. The topological polar surface area (TPSA) is 76.9 Å². The number of hydrogen-bond donors (Lipinski definition) is 1. The Morgan fingerprint density at radius 1 is 1.28 bits per heavy atom. The Bertz CT molecular complexity index is 1070. The molecule has 0 radical (unpaired) electrons. The van der Waals surface area contributed by atoms with Crippen LogP contribution in [-0.2, 0) is 0 Å². The van der Waals surface area contributed by atoms with E-state index in [0.717, 1.165) is 22.4 Å². The Morgan fingerprint density at radius 2 is 1.96 bits per heavy atom. The highest BCUT2D eigenvalue weighted by molar-refractivity contribution is 9.10. The van der Waals surface area contributed by atoms with Crippen LogP contribution in [-0.4, -0.2) is 16.7 Å². The van der Waals surface area contributed by atoms with Crippen LogP contribution in [0, 0.1) is 32.1 Å². The van der Waals surface area contributed by atoms with Gasteiger partial charge in [-0.3, -0.25) is 4.57 Å². The highest BCUT2D eigenvalue weighted by atomic mass is 79.9. The van der Waals surface area contributed by atoms with Crippen LogP contribution < -0.4 is 10.5 Å². The third-order valence-corrected chi connectivity index (χ3v) is 5.36. The maximum atomic E-state index is 9.59. The van der Waals surface area contributed by atoms with E-state index in [-0.39, 0.29) is 0 Å². The third kappa shape index (κ3) is 2.55. The van der Waals surface area contributed by atoms with E-state index in [0.29, 0.717) is 37.8 Å². The molecule has 0 unspecified atom stereocenters. The molecule has 0 aliphatic carbocycles. The van der Waals surface area contributed by atoms with Crippen LogP contribution in [0.15, 0.2) is 16.7 Å². The standard InChI is InChI=1S/C18H16BrClN4O/c1-8-6-13(20)15(25-4)10(3)14(8)24-17(22)12(7-21)11-5-9(2)16(19)23-18(11)24/h5-6H,22H2,1-4H3. The number of hydrogen-bond acceptors (Lipinski definition) is 4. The number of aryl methyl sites for hydroxylation is 2. The first-order valence-corrected chi connectivity index (χ1v) is 8.70. The minimum Gasteiger partial charge on any atom is -0.495 e. The minimum absolute atomic E-state index is 0.345. The monoisotopic (exact) mass is 418 g/mol. The van der Waals surface area contributed by atoms with Crippen molar-refractivity contribution < 1.29 is 4.74 Å². The van der Waals surface area contributed by atoms with E-state index in [4.69, 9.17) is 22.1 Å². The number of nitrogens with two attached hydrogens (primary N) is 1. The zero-order valence-electron chi connectivity index (χ0n) is 14.2. The smallest absolute Gasteiger partial charge is 0.148 e. The van der Waals surface area contributed by atoms with Crippen molar-refractivity contribution in [1.29, 1.82) is 5.26 Å². The lowest BCUT2D eigenvalue weighted by molar-refractivity contribution is 0.411. The molecule has 7 heteroatoms. The predicted molar refractivity (Wildman–Crippen MR) is 104 cm³/mol. The number of methoxy groups -OCH3 is 1. The van der Waals surface area contributed by atoms with Gasteiger partial charge in [-0.05, 0) is 60.0 Å². The van der Waals surface area contributed by atoms with Crippen LogP contribution in [0.5, 0.6) is 5.75 Å². The average molecular weight is 420 g/mol. The number of nitrogen functional groups attached to an aromatic ring is 1. The predicted octanol–water partition coefficient (Wildman–Crippen LogP) is 4.83. The average Bonchev–Trinajstić information content (AvgIpc) is 2.80. The van der Waals surface area contributed by atoms with E-state index in [1.807, 2.05) is 32.9 Å². The van der Waals surface area contributed by atoms with Crippen molar-refractivity contribution in [3.05, 3.63) is 44.0 Å². The number of anilines is 1. The first-order valence-electron chi connectivity index (χ1n) is 7.53. The Kier molecular flexibility index (Phi) is 4.40. The van der Waals surface area contributed by atoms with E-state index in [2.05, 4.69) is 27.0 Å². The molecule has 5 nitrogen and oxygen atoms in total. The maximum Gasteiger partial charge on any atom is 0.148 e. The molecule has 0 amide bonds. The van der Waals surface area contributed by atoms with Gasteiger partial charge in [0.05, 0.1) is 17.8 Å². The molecule has 0 saturated carbocycles. The summed E-state index contributed by atoms with van der Waals surface area (Å²) in [5, 5.41) is 10.8. The number of pyridine rings is 1. The molecule has 0 saturated heterocycles. The van der Waals surface area contributed by atoms with Gasteiger partial charge in [-0.1, -0.05) is 11.6 Å². The quantitative estimate of drug-likeness (QED) is 0.604. The van der Waals surface area contributed by atoms with Crippen LogP contribution in [0.2, 0.25) is 5.02 Å². The number of ether oxygens (including phenoxy) is 1. The van der Waals surface area contributed by atoms with Gasteiger partial charge in [0, 0.05) is 10.9 Å². The Balaban J connectivity index is 2.52. The first kappa shape index (κ1) is 17.6. The van der Waals surface area contributed by atoms with Gasteiger partial charge in [0.15, 0.2) is 0 Å². The fourth-order valence-corrected chi connectivity index (χ4v) is 3.81. The molecule has 3 aromatic rings. The number of nitrogens with zero attached hydrogens (tertiary/aromatic N) is 3. The second-order valence-electron chi connectivity index (χ2n) is 5.86. The van der Waals surface area contributed by atoms with Crippen molar-refractivity contribution in [3.63, 3.8) is 0 Å². The molecule has 2 N–H and O–H groups in total. The van der Waals surface area contributed by atoms with E-state index in [9.17, 15) is 5.26 Å². The van der Waals surface area contributed by atoms with Gasteiger partial charge >= 0.3 is 0 Å². The third-order valence-electron chi connectivity index (χ3n) is 4.28. The fraction of sp³-hybridized carbons (Fsp3) is 0.222. The second kappa shape index (κ2) is 6.25. The van der Waals surface area contributed by atoms with Crippen molar-refractivity contribution in [1.82, 2.24) is 9.55 Å². The van der Waals surface area contributed by atoms with E-state index >= 15 is 0 Å². The zero-order valence-corrected chi connectivity index (χ0v) is 16.6. The van der Waals surface area contributed by atoms with Crippen LogP contribution in [0.1, 0.15) is 22.3 Å². The van der Waals surface area contributed by atoms with Gasteiger partial charge in [-0.15, -0.1) is 0 Å². The normalized spacial score (nSPS) is 10.9. The summed E-state index contributed by atoms with van der Waals surface area (Å²) in [5.74, 6) is 0.922. The van der Waals surface area contributed by atoms with Gasteiger partial charge in [0.1, 0.15) is 33.5 Å². The van der Waals surface area contributed by atoms with E-state index < -0.39 is 0 Å². The molecule has 3 rings (SSSR count). The zero-order chi connectivity index (χ0) is 18.5. The maximum absolute atomic E-state index is 9.59. The van der Waals surface area contributed by atoms with Crippen molar-refractivity contribution >= 4 is 44.4 Å². The Morgan fingerprint density at radius 3 is 2.56 bits per heavy atom. The molecule has 128 valence electrons. The van der Waals surface area contributed by atoms with Gasteiger partial charge < -0.3 is 10.5 Å². The highest BCUT2D eigenvalue weighted by Crippen LogP contribution is 2.39. The van der Waals surface area contributed by atoms with Gasteiger partial charge in [-0.2, -0.15) is 5.26 Å². The lowest BCUT2D eigenvalue weighted by Crippen LogP contribution is -2.07. The second-order valence-corrected chi connectivity index (χ2v) is 7.02. The van der Waals surface area contributed by atoms with Gasteiger partial charge in [0.25, 0.3) is 0 Å². The molecule has 1 aromatic carbocycles. The minimum atomic E-state index is 0.345. The SMILES string of the molecule is COc1c(Cl)cc(C)c(-n2c(N)c(C#N)c3cc(C)c(Br)nc32)c1C. The van der Waals surface area contributed by atoms with Crippen LogP contribution in [0.3, 0.4) is 0 Å². The molecular formula is C18H16BrClN4O. The van der Waals surface area contributed by atoms with Crippen molar-refractivity contribution in [2.24, 2.45) is 0 Å². The highest BCUT2D eigenvalue weighted by Gasteiger charge is 2.23. The summed E-state index contributed by atoms with van der Waals surface area (Å²) in [5.41, 5.74) is 10.9. The van der Waals surface area contributed by atoms with Gasteiger partial charge in [-0.25, -0.2) is 4.98 Å². The number of rotatable bonds is 2. The molecule has 0 bridgehead atoms. The van der Waals surface area contributed by atoms with Crippen LogP contribution >= 0.6 is 27.5 Å². The summed E-state index contributed by atoms with van der Waals surface area (Å²) in [6, 6.07) is 5.93. The van der Waals surface area contributed by atoms with Crippen LogP contribution in [0.4, 0.5) is 5.82 Å². The Labute approximate surface area is 159 Å². The summed E-state index contributed by atoms with van der Waals surface area (Å²) in [6.45, 7) is 5.77. The van der Waals surface area contributed by atoms with E-state index in [1.165, 1.54) is 0 Å². The fourth-order valence-electron chi connectivity index (χ4n) is 3.15. The van der Waals surface area contributed by atoms with Crippen molar-refractivity contribution in [2.45, 2.75) is 20.8 Å². The molecule has 2 heterocycles. The molecule has 0 spiro atoms.